The van der Waals surface area contributed by atoms with Crippen molar-refractivity contribution in [3.63, 3.8) is 0 Å². The molecule has 172 valence electrons. The number of aryl methyl sites for hydroxylation is 1. The van der Waals surface area contributed by atoms with Gasteiger partial charge in [0.2, 0.25) is 11.8 Å². The summed E-state index contributed by atoms with van der Waals surface area (Å²) in [6.07, 6.45) is 4.90. The third-order valence-corrected chi connectivity index (χ3v) is 7.82. The molecule has 1 saturated heterocycles. The molecule has 3 rings (SSSR count). The van der Waals surface area contributed by atoms with Crippen molar-refractivity contribution >= 4 is 33.3 Å². The van der Waals surface area contributed by atoms with Gasteiger partial charge in [-0.3, -0.25) is 9.59 Å². The molecule has 32 heavy (non-hydrogen) atoms. The Morgan fingerprint density at radius 2 is 1.66 bits per heavy atom. The van der Waals surface area contributed by atoms with E-state index in [1.165, 1.54) is 10.5 Å². The molecule has 8 heteroatoms. The maximum Gasteiger partial charge on any atom is 0.239 e. The van der Waals surface area contributed by atoms with Crippen LogP contribution in [0.5, 0.6) is 0 Å². The molecule has 0 unspecified atom stereocenters. The lowest BCUT2D eigenvalue weighted by molar-refractivity contribution is -0.145. The van der Waals surface area contributed by atoms with E-state index in [1.54, 1.807) is 24.3 Å². The Labute approximate surface area is 194 Å². The Kier molecular flexibility index (Phi) is 8.70. The van der Waals surface area contributed by atoms with Gasteiger partial charge in [0.15, 0.2) is 9.84 Å². The number of rotatable bonds is 12. The molecule has 0 aliphatic carbocycles. The van der Waals surface area contributed by atoms with Gasteiger partial charge in [-0.2, -0.15) is 0 Å². The standard InChI is InChI=1S/C24H29ClN2O4S/c25-21-13-11-19(12-14-21)8-4-1-2-7-15-26-22(28)17-27-23(29)16-24(27)32(30,31)18-20-9-5-3-6-10-20/h3,5-6,9-14,24H,1-2,4,7-8,15-18H2,(H,26,28)/t24-/m0/s1. The van der Waals surface area contributed by atoms with Crippen LogP contribution in [0.3, 0.4) is 0 Å². The van der Waals surface area contributed by atoms with Gasteiger partial charge in [-0.05, 0) is 42.5 Å². The topological polar surface area (TPSA) is 83.6 Å². The lowest BCUT2D eigenvalue weighted by atomic mass is 10.1. The van der Waals surface area contributed by atoms with Gasteiger partial charge in [0.1, 0.15) is 11.9 Å². The van der Waals surface area contributed by atoms with Crippen LogP contribution in [0.15, 0.2) is 54.6 Å². The number of likely N-dealkylation sites (tertiary alicyclic amines) is 1. The molecule has 1 fully saturated rings. The second-order valence-electron chi connectivity index (χ2n) is 8.11. The van der Waals surface area contributed by atoms with Crippen molar-refractivity contribution in [2.45, 2.75) is 49.7 Å². The minimum absolute atomic E-state index is 0.0595. The van der Waals surface area contributed by atoms with E-state index < -0.39 is 15.2 Å². The molecule has 0 aromatic heterocycles. The first-order valence-corrected chi connectivity index (χ1v) is 13.0. The monoisotopic (exact) mass is 476 g/mol. The highest BCUT2D eigenvalue weighted by Gasteiger charge is 2.45. The number of sulfone groups is 1. The quantitative estimate of drug-likeness (QED) is 0.373. The number of halogens is 1. The number of hydrogen-bond acceptors (Lipinski definition) is 4. The molecule has 0 bridgehead atoms. The van der Waals surface area contributed by atoms with Crippen LogP contribution in [0.4, 0.5) is 0 Å². The third kappa shape index (κ3) is 7.07. The summed E-state index contributed by atoms with van der Waals surface area (Å²) < 4.78 is 25.3. The molecule has 0 spiro atoms. The Morgan fingerprint density at radius 3 is 2.34 bits per heavy atom. The zero-order valence-electron chi connectivity index (χ0n) is 18.0. The molecule has 0 saturated carbocycles. The first-order valence-electron chi connectivity index (χ1n) is 10.9. The molecule has 6 nitrogen and oxygen atoms in total. The van der Waals surface area contributed by atoms with Gasteiger partial charge in [0, 0.05) is 11.6 Å². The van der Waals surface area contributed by atoms with Gasteiger partial charge in [-0.15, -0.1) is 0 Å². The first kappa shape index (κ1) is 24.3. The molecular weight excluding hydrogens is 448 g/mol. The van der Waals surface area contributed by atoms with Crippen molar-refractivity contribution < 1.29 is 18.0 Å². The van der Waals surface area contributed by atoms with Crippen LogP contribution in [0.25, 0.3) is 0 Å². The molecule has 1 N–H and O–H groups in total. The number of carbonyl (C=O) groups excluding carboxylic acids is 2. The summed E-state index contributed by atoms with van der Waals surface area (Å²) in [5, 5.41) is 2.61. The van der Waals surface area contributed by atoms with E-state index >= 15 is 0 Å². The van der Waals surface area contributed by atoms with Crippen molar-refractivity contribution in [2.24, 2.45) is 0 Å². The summed E-state index contributed by atoms with van der Waals surface area (Å²) in [6.45, 7) is 0.303. The van der Waals surface area contributed by atoms with Crippen LogP contribution in [-0.2, 0) is 31.6 Å². The van der Waals surface area contributed by atoms with Crippen molar-refractivity contribution in [1.29, 1.82) is 0 Å². The molecule has 1 aliphatic rings. The molecule has 2 amide bonds. The van der Waals surface area contributed by atoms with Gasteiger partial charge in [0.25, 0.3) is 0 Å². The van der Waals surface area contributed by atoms with E-state index in [-0.39, 0.29) is 30.5 Å². The fourth-order valence-corrected chi connectivity index (χ4v) is 5.69. The van der Waals surface area contributed by atoms with Crippen LogP contribution in [-0.4, -0.2) is 43.6 Å². The van der Waals surface area contributed by atoms with Crippen LogP contribution < -0.4 is 5.32 Å². The lowest BCUT2D eigenvalue weighted by Crippen LogP contribution is -2.59. The lowest BCUT2D eigenvalue weighted by Gasteiger charge is -2.39. The third-order valence-electron chi connectivity index (χ3n) is 5.58. The Hall–Kier alpha value is -2.38. The average Bonchev–Trinajstić information content (AvgIpc) is 2.76. The van der Waals surface area contributed by atoms with Crippen LogP contribution in [0.2, 0.25) is 5.02 Å². The van der Waals surface area contributed by atoms with Crippen LogP contribution in [0.1, 0.15) is 43.2 Å². The summed E-state index contributed by atoms with van der Waals surface area (Å²) in [5.74, 6) is -0.761. The van der Waals surface area contributed by atoms with Crippen molar-refractivity contribution in [2.75, 3.05) is 13.1 Å². The SMILES string of the molecule is O=C(CN1C(=O)C[C@@H]1S(=O)(=O)Cc1ccccc1)NCCCCCCc1ccc(Cl)cc1. The molecule has 2 aromatic rings. The van der Waals surface area contributed by atoms with Crippen LogP contribution in [0, 0.1) is 0 Å². The summed E-state index contributed by atoms with van der Waals surface area (Å²) in [7, 11) is -3.55. The van der Waals surface area contributed by atoms with Gasteiger partial charge < -0.3 is 10.2 Å². The van der Waals surface area contributed by atoms with E-state index in [0.717, 1.165) is 37.1 Å². The highest BCUT2D eigenvalue weighted by Crippen LogP contribution is 2.26. The minimum Gasteiger partial charge on any atom is -0.355 e. The average molecular weight is 477 g/mol. The Bertz CT molecular complexity index is 1010. The second kappa shape index (κ2) is 11.5. The largest absolute Gasteiger partial charge is 0.355 e. The van der Waals surface area contributed by atoms with Crippen molar-refractivity contribution in [1.82, 2.24) is 10.2 Å². The van der Waals surface area contributed by atoms with Gasteiger partial charge >= 0.3 is 0 Å². The molecule has 1 atom stereocenters. The van der Waals surface area contributed by atoms with Gasteiger partial charge in [0.05, 0.1) is 12.2 Å². The van der Waals surface area contributed by atoms with Crippen molar-refractivity contribution in [3.05, 3.63) is 70.7 Å². The Balaban J connectivity index is 1.33. The number of nitrogens with one attached hydrogen (secondary N) is 1. The normalized spacial score (nSPS) is 16.0. The predicted octanol–water partition coefficient (Wildman–Crippen LogP) is 3.73. The number of benzene rings is 2. The van der Waals surface area contributed by atoms with E-state index in [0.29, 0.717) is 12.1 Å². The fourth-order valence-electron chi connectivity index (χ4n) is 3.74. The van der Waals surface area contributed by atoms with E-state index in [2.05, 4.69) is 5.32 Å². The van der Waals surface area contributed by atoms with E-state index in [9.17, 15) is 18.0 Å². The minimum atomic E-state index is -3.55. The van der Waals surface area contributed by atoms with E-state index in [4.69, 9.17) is 11.6 Å². The zero-order valence-corrected chi connectivity index (χ0v) is 19.6. The highest BCUT2D eigenvalue weighted by atomic mass is 35.5. The maximum absolute atomic E-state index is 12.7. The first-order chi connectivity index (χ1) is 15.3. The summed E-state index contributed by atoms with van der Waals surface area (Å²) >= 11 is 5.89. The number of carbonyl (C=O) groups is 2. The number of hydrogen-bond donors (Lipinski definition) is 1. The highest BCUT2D eigenvalue weighted by molar-refractivity contribution is 7.91. The summed E-state index contributed by atoms with van der Waals surface area (Å²) in [6, 6.07) is 16.7. The summed E-state index contributed by atoms with van der Waals surface area (Å²) in [4.78, 5) is 25.3. The van der Waals surface area contributed by atoms with Crippen molar-refractivity contribution in [3.8, 4) is 0 Å². The molecule has 1 heterocycles. The molecule has 2 aromatic carbocycles. The smallest absolute Gasteiger partial charge is 0.239 e. The Morgan fingerprint density at radius 1 is 0.969 bits per heavy atom. The number of unbranched alkanes of at least 4 members (excludes halogenated alkanes) is 3. The number of nitrogens with zero attached hydrogens (tertiary/aromatic N) is 1. The molecule has 1 aliphatic heterocycles. The zero-order chi connectivity index (χ0) is 23.0. The second-order valence-corrected chi connectivity index (χ2v) is 10.7. The summed E-state index contributed by atoms with van der Waals surface area (Å²) in [5.41, 5.74) is 1.94. The molecular formula is C24H29ClN2O4S. The maximum atomic E-state index is 12.7. The molecule has 0 radical (unpaired) electrons. The fraction of sp³-hybridized carbons (Fsp3) is 0.417. The predicted molar refractivity (Wildman–Crippen MR) is 126 cm³/mol. The van der Waals surface area contributed by atoms with Crippen LogP contribution >= 0.6 is 11.6 Å². The number of amides is 2. The van der Waals surface area contributed by atoms with E-state index in [1.807, 2.05) is 30.3 Å². The van der Waals surface area contributed by atoms with Gasteiger partial charge in [-0.25, -0.2) is 8.42 Å². The number of β-lactam (4-membered cyclic amide) rings is 1. The van der Waals surface area contributed by atoms with Gasteiger partial charge in [-0.1, -0.05) is 66.9 Å².